The van der Waals surface area contributed by atoms with Gasteiger partial charge in [0.2, 0.25) is 26.0 Å². The first-order valence-electron chi connectivity index (χ1n) is 9.30. The van der Waals surface area contributed by atoms with Gasteiger partial charge in [-0.3, -0.25) is 4.79 Å². The second kappa shape index (κ2) is 9.13. The molecular weight excluding hydrogens is 466 g/mol. The first-order chi connectivity index (χ1) is 14.5. The Morgan fingerprint density at radius 2 is 1.71 bits per heavy atom. The average molecular weight is 488 g/mol. The van der Waals surface area contributed by atoms with Crippen LogP contribution in [0, 0.1) is 5.92 Å². The molecule has 2 aromatic rings. The largest absolute Gasteiger partial charge is 0.495 e. The summed E-state index contributed by atoms with van der Waals surface area (Å²) in [4.78, 5) is 12.5. The number of nitrogens with one attached hydrogen (secondary N) is 1. The minimum Gasteiger partial charge on any atom is -0.495 e. The van der Waals surface area contributed by atoms with Crippen LogP contribution in [0.15, 0.2) is 52.3 Å². The van der Waals surface area contributed by atoms with Crippen LogP contribution in [-0.2, 0) is 24.8 Å². The summed E-state index contributed by atoms with van der Waals surface area (Å²) in [6, 6.07) is 9.89. The number of methoxy groups -OCH3 is 1. The lowest BCUT2D eigenvalue weighted by atomic mass is 9.97. The summed E-state index contributed by atoms with van der Waals surface area (Å²) in [5.74, 6) is -0.446. The SMILES string of the molecule is COc1ccc(Cl)cc1S(=O)(=O)N1CCC(C(=O)Nc2ccc(S(N)(=O)=O)cc2)CC1. The van der Waals surface area contributed by atoms with Gasteiger partial charge in [-0.15, -0.1) is 0 Å². The molecule has 1 aliphatic heterocycles. The van der Waals surface area contributed by atoms with Crippen molar-refractivity contribution in [2.24, 2.45) is 11.1 Å². The van der Waals surface area contributed by atoms with Gasteiger partial charge in [0.05, 0.1) is 12.0 Å². The standard InChI is InChI=1S/C19H22ClN3O6S2/c1-29-17-7-2-14(20)12-18(17)31(27,28)23-10-8-13(9-11-23)19(24)22-15-3-5-16(6-4-15)30(21,25)26/h2-7,12-13H,8-11H2,1H3,(H,22,24)(H2,21,25,26). The Labute approximate surface area is 186 Å². The molecule has 0 spiro atoms. The molecule has 168 valence electrons. The van der Waals surface area contributed by atoms with E-state index >= 15 is 0 Å². The Balaban J connectivity index is 1.65. The molecule has 3 rings (SSSR count). The fraction of sp³-hybridized carbons (Fsp3) is 0.316. The van der Waals surface area contributed by atoms with Gasteiger partial charge in [-0.2, -0.15) is 4.31 Å². The molecule has 3 N–H and O–H groups in total. The lowest BCUT2D eigenvalue weighted by molar-refractivity contribution is -0.120. The third-order valence-corrected chi connectivity index (χ3v) is 8.10. The predicted octanol–water partition coefficient (Wildman–Crippen LogP) is 2.04. The quantitative estimate of drug-likeness (QED) is 0.639. The van der Waals surface area contributed by atoms with E-state index in [0.717, 1.165) is 0 Å². The summed E-state index contributed by atoms with van der Waals surface area (Å²) in [5.41, 5.74) is 0.427. The molecule has 0 saturated carbocycles. The van der Waals surface area contributed by atoms with E-state index in [2.05, 4.69) is 5.32 Å². The molecule has 0 aromatic heterocycles. The number of anilines is 1. The van der Waals surface area contributed by atoms with Gasteiger partial charge in [0.1, 0.15) is 10.6 Å². The highest BCUT2D eigenvalue weighted by Crippen LogP contribution is 2.32. The molecule has 1 saturated heterocycles. The van der Waals surface area contributed by atoms with Crippen LogP contribution in [-0.4, -0.2) is 47.2 Å². The van der Waals surface area contributed by atoms with Gasteiger partial charge in [0.25, 0.3) is 0 Å². The first kappa shape index (κ1) is 23.5. The van der Waals surface area contributed by atoms with E-state index in [4.69, 9.17) is 21.5 Å². The van der Waals surface area contributed by atoms with E-state index in [9.17, 15) is 21.6 Å². The monoisotopic (exact) mass is 487 g/mol. The van der Waals surface area contributed by atoms with Gasteiger partial charge in [-0.1, -0.05) is 11.6 Å². The molecule has 0 radical (unpaired) electrons. The van der Waals surface area contributed by atoms with Crippen LogP contribution in [0.1, 0.15) is 12.8 Å². The van der Waals surface area contributed by atoms with Crippen LogP contribution < -0.4 is 15.2 Å². The molecule has 0 unspecified atom stereocenters. The van der Waals surface area contributed by atoms with E-state index in [0.29, 0.717) is 18.5 Å². The zero-order chi connectivity index (χ0) is 22.8. The summed E-state index contributed by atoms with van der Waals surface area (Å²) in [6.07, 6.45) is 0.673. The number of carbonyl (C=O) groups is 1. The summed E-state index contributed by atoms with van der Waals surface area (Å²) >= 11 is 5.96. The number of sulfonamides is 2. The fourth-order valence-corrected chi connectivity index (χ4v) is 5.73. The molecule has 0 atom stereocenters. The Bertz CT molecular complexity index is 1180. The topological polar surface area (TPSA) is 136 Å². The lowest BCUT2D eigenvalue weighted by Crippen LogP contribution is -2.41. The molecule has 0 aliphatic carbocycles. The number of rotatable bonds is 6. The van der Waals surface area contributed by atoms with E-state index in [1.807, 2.05) is 0 Å². The maximum absolute atomic E-state index is 13.0. The summed E-state index contributed by atoms with van der Waals surface area (Å²) in [7, 11) is -6.26. The summed E-state index contributed by atoms with van der Waals surface area (Å²) in [5, 5.41) is 8.06. The van der Waals surface area contributed by atoms with Crippen LogP contribution in [0.2, 0.25) is 5.02 Å². The minimum atomic E-state index is -3.83. The van der Waals surface area contributed by atoms with Crippen molar-refractivity contribution < 1.29 is 26.4 Å². The zero-order valence-corrected chi connectivity index (χ0v) is 19.0. The average Bonchev–Trinajstić information content (AvgIpc) is 2.73. The van der Waals surface area contributed by atoms with Gasteiger partial charge in [0.15, 0.2) is 0 Å². The van der Waals surface area contributed by atoms with Crippen molar-refractivity contribution in [3.05, 3.63) is 47.5 Å². The molecule has 1 amide bonds. The van der Waals surface area contributed by atoms with Crippen molar-refractivity contribution in [3.63, 3.8) is 0 Å². The van der Waals surface area contributed by atoms with Crippen molar-refractivity contribution in [2.75, 3.05) is 25.5 Å². The predicted molar refractivity (Wildman–Crippen MR) is 116 cm³/mol. The van der Waals surface area contributed by atoms with Crippen LogP contribution in [0.4, 0.5) is 5.69 Å². The van der Waals surface area contributed by atoms with Crippen LogP contribution in [0.25, 0.3) is 0 Å². The number of halogens is 1. The van der Waals surface area contributed by atoms with Crippen LogP contribution in [0.5, 0.6) is 5.75 Å². The molecule has 12 heteroatoms. The maximum atomic E-state index is 13.0. The molecule has 1 fully saturated rings. The van der Waals surface area contributed by atoms with Gasteiger partial charge in [-0.25, -0.2) is 22.0 Å². The third kappa shape index (κ3) is 5.36. The number of hydrogen-bond donors (Lipinski definition) is 2. The number of hydrogen-bond acceptors (Lipinski definition) is 6. The number of nitrogens with zero attached hydrogens (tertiary/aromatic N) is 1. The molecule has 0 bridgehead atoms. The van der Waals surface area contributed by atoms with E-state index in [-0.39, 0.29) is 45.5 Å². The fourth-order valence-electron chi connectivity index (χ4n) is 3.32. The molecular formula is C19H22ClN3O6S2. The van der Waals surface area contributed by atoms with E-state index in [1.165, 1.54) is 47.8 Å². The normalized spacial score (nSPS) is 16.1. The van der Waals surface area contributed by atoms with Crippen molar-refractivity contribution in [2.45, 2.75) is 22.6 Å². The van der Waals surface area contributed by atoms with Gasteiger partial charge < -0.3 is 10.1 Å². The molecule has 9 nitrogen and oxygen atoms in total. The smallest absolute Gasteiger partial charge is 0.246 e. The second-order valence-corrected chi connectivity index (χ2v) is 10.9. The number of amides is 1. The Hall–Kier alpha value is -2.18. The summed E-state index contributed by atoms with van der Waals surface area (Å²) < 4.78 is 55.1. The van der Waals surface area contributed by atoms with Crippen LogP contribution >= 0.6 is 11.6 Å². The maximum Gasteiger partial charge on any atom is 0.246 e. The number of primary sulfonamides is 1. The van der Waals surface area contributed by atoms with E-state index in [1.54, 1.807) is 6.07 Å². The Morgan fingerprint density at radius 3 is 2.26 bits per heavy atom. The van der Waals surface area contributed by atoms with Crippen molar-refractivity contribution in [1.29, 1.82) is 0 Å². The van der Waals surface area contributed by atoms with Gasteiger partial charge in [-0.05, 0) is 55.3 Å². The highest BCUT2D eigenvalue weighted by atomic mass is 35.5. The molecule has 1 heterocycles. The highest BCUT2D eigenvalue weighted by Gasteiger charge is 2.34. The van der Waals surface area contributed by atoms with Gasteiger partial charge in [0, 0.05) is 29.7 Å². The number of piperidine rings is 1. The Morgan fingerprint density at radius 1 is 1.10 bits per heavy atom. The lowest BCUT2D eigenvalue weighted by Gasteiger charge is -2.31. The van der Waals surface area contributed by atoms with Crippen LogP contribution in [0.3, 0.4) is 0 Å². The van der Waals surface area contributed by atoms with Crippen molar-refractivity contribution >= 4 is 43.2 Å². The first-order valence-corrected chi connectivity index (χ1v) is 12.7. The number of benzene rings is 2. The number of carbonyl (C=O) groups excluding carboxylic acids is 1. The second-order valence-electron chi connectivity index (χ2n) is 7.03. The molecule has 31 heavy (non-hydrogen) atoms. The number of nitrogens with two attached hydrogens (primary N) is 1. The Kier molecular flexibility index (Phi) is 6.92. The molecule has 2 aromatic carbocycles. The van der Waals surface area contributed by atoms with Crippen molar-refractivity contribution in [1.82, 2.24) is 4.31 Å². The highest BCUT2D eigenvalue weighted by molar-refractivity contribution is 7.89. The van der Waals surface area contributed by atoms with E-state index < -0.39 is 20.0 Å². The zero-order valence-electron chi connectivity index (χ0n) is 16.6. The van der Waals surface area contributed by atoms with Gasteiger partial charge >= 0.3 is 0 Å². The van der Waals surface area contributed by atoms with Crippen molar-refractivity contribution in [3.8, 4) is 5.75 Å². The third-order valence-electron chi connectivity index (χ3n) is 5.02. The molecule has 1 aliphatic rings. The minimum absolute atomic E-state index is 0.0136. The summed E-state index contributed by atoms with van der Waals surface area (Å²) in [6.45, 7) is 0.334. The number of ether oxygens (including phenoxy) is 1.